The number of aryl methyl sites for hydroxylation is 1. The highest BCUT2D eigenvalue weighted by molar-refractivity contribution is 5.90. The Morgan fingerprint density at radius 1 is 1.10 bits per heavy atom. The number of nitrogens with zero attached hydrogens (tertiary/aromatic N) is 3. The molecule has 1 N–H and O–H groups in total. The monoisotopic (exact) mass is 398 g/mol. The molecule has 8 nitrogen and oxygen atoms in total. The number of aromatic nitrogens is 1. The first kappa shape index (κ1) is 20.4. The van der Waals surface area contributed by atoms with Gasteiger partial charge in [0.25, 0.3) is 0 Å². The third-order valence-corrected chi connectivity index (χ3v) is 4.93. The number of piperazine rings is 1. The zero-order chi connectivity index (χ0) is 20.6. The van der Waals surface area contributed by atoms with Crippen LogP contribution in [-0.2, 0) is 16.0 Å². The average molecular weight is 398 g/mol. The van der Waals surface area contributed by atoms with Gasteiger partial charge in [0.1, 0.15) is 5.82 Å². The summed E-state index contributed by atoms with van der Waals surface area (Å²) >= 11 is 0. The molecule has 1 aliphatic rings. The largest absolute Gasteiger partial charge is 0.493 e. The molecule has 1 aromatic carbocycles. The van der Waals surface area contributed by atoms with E-state index in [9.17, 15) is 9.59 Å². The standard InChI is InChI=1S/C21H26N4O4/c1-28-18-6-3-16(13-19(18)29-2)4-8-21(27)23-20-7-5-17(14-22-20)25-11-9-24(15-26)10-12-25/h3,5-7,13-15H,4,8-12H2,1-2H3,(H,22,23,27). The van der Waals surface area contributed by atoms with Gasteiger partial charge in [0.05, 0.1) is 26.1 Å². The summed E-state index contributed by atoms with van der Waals surface area (Å²) in [5.41, 5.74) is 1.98. The number of rotatable bonds is 8. The number of carbonyl (C=O) groups excluding carboxylic acids is 2. The summed E-state index contributed by atoms with van der Waals surface area (Å²) in [5.74, 6) is 1.74. The number of amides is 2. The van der Waals surface area contributed by atoms with E-state index in [4.69, 9.17) is 9.47 Å². The smallest absolute Gasteiger partial charge is 0.225 e. The van der Waals surface area contributed by atoms with Gasteiger partial charge in [0, 0.05) is 32.6 Å². The second-order valence-corrected chi connectivity index (χ2v) is 6.77. The quantitative estimate of drug-likeness (QED) is 0.685. The lowest BCUT2D eigenvalue weighted by Gasteiger charge is -2.33. The number of pyridine rings is 1. The van der Waals surface area contributed by atoms with Gasteiger partial charge in [-0.3, -0.25) is 9.59 Å². The second-order valence-electron chi connectivity index (χ2n) is 6.77. The minimum Gasteiger partial charge on any atom is -0.493 e. The van der Waals surface area contributed by atoms with Crippen LogP contribution in [0.3, 0.4) is 0 Å². The molecule has 1 aromatic heterocycles. The Morgan fingerprint density at radius 2 is 1.86 bits per heavy atom. The summed E-state index contributed by atoms with van der Waals surface area (Å²) in [4.78, 5) is 31.3. The van der Waals surface area contributed by atoms with E-state index in [0.717, 1.165) is 30.8 Å². The van der Waals surface area contributed by atoms with E-state index in [1.165, 1.54) is 0 Å². The topological polar surface area (TPSA) is 84.0 Å². The maximum atomic E-state index is 12.3. The predicted molar refractivity (Wildman–Crippen MR) is 111 cm³/mol. The number of methoxy groups -OCH3 is 2. The van der Waals surface area contributed by atoms with Crippen molar-refractivity contribution < 1.29 is 19.1 Å². The van der Waals surface area contributed by atoms with Crippen LogP contribution in [0.5, 0.6) is 11.5 Å². The van der Waals surface area contributed by atoms with Crippen LogP contribution in [0, 0.1) is 0 Å². The fourth-order valence-corrected chi connectivity index (χ4v) is 3.23. The minimum atomic E-state index is -0.0976. The fraction of sp³-hybridized carbons (Fsp3) is 0.381. The molecule has 3 rings (SSSR count). The molecule has 0 unspecified atom stereocenters. The number of nitrogens with one attached hydrogen (secondary N) is 1. The van der Waals surface area contributed by atoms with E-state index in [0.29, 0.717) is 43.2 Å². The van der Waals surface area contributed by atoms with Crippen molar-refractivity contribution in [3.8, 4) is 11.5 Å². The molecule has 0 saturated carbocycles. The van der Waals surface area contributed by atoms with Crippen LogP contribution >= 0.6 is 0 Å². The summed E-state index contributed by atoms with van der Waals surface area (Å²) in [6.07, 6.45) is 3.56. The fourth-order valence-electron chi connectivity index (χ4n) is 3.23. The molecule has 0 radical (unpaired) electrons. The summed E-state index contributed by atoms with van der Waals surface area (Å²) in [7, 11) is 3.18. The van der Waals surface area contributed by atoms with Crippen molar-refractivity contribution >= 4 is 23.8 Å². The Morgan fingerprint density at radius 3 is 2.48 bits per heavy atom. The third kappa shape index (κ3) is 5.37. The van der Waals surface area contributed by atoms with Gasteiger partial charge < -0.3 is 24.6 Å². The molecule has 2 amide bonds. The Balaban J connectivity index is 1.50. The van der Waals surface area contributed by atoms with Crippen molar-refractivity contribution in [2.45, 2.75) is 12.8 Å². The number of hydrogen-bond acceptors (Lipinski definition) is 6. The van der Waals surface area contributed by atoms with E-state index < -0.39 is 0 Å². The summed E-state index contributed by atoms with van der Waals surface area (Å²) in [6.45, 7) is 2.96. The van der Waals surface area contributed by atoms with Crippen LogP contribution in [-0.4, -0.2) is 62.6 Å². The van der Waals surface area contributed by atoms with Gasteiger partial charge in [-0.1, -0.05) is 6.07 Å². The number of carbonyl (C=O) groups is 2. The zero-order valence-corrected chi connectivity index (χ0v) is 16.8. The van der Waals surface area contributed by atoms with Gasteiger partial charge in [0.15, 0.2) is 11.5 Å². The first-order valence-electron chi connectivity index (χ1n) is 9.54. The van der Waals surface area contributed by atoms with Crippen LogP contribution in [0.25, 0.3) is 0 Å². The lowest BCUT2D eigenvalue weighted by atomic mass is 10.1. The molecule has 29 heavy (non-hydrogen) atoms. The molecular formula is C21H26N4O4. The lowest BCUT2D eigenvalue weighted by molar-refractivity contribution is -0.118. The van der Waals surface area contributed by atoms with Gasteiger partial charge in [-0.15, -0.1) is 0 Å². The van der Waals surface area contributed by atoms with Gasteiger partial charge >= 0.3 is 0 Å². The van der Waals surface area contributed by atoms with E-state index in [1.54, 1.807) is 31.4 Å². The van der Waals surface area contributed by atoms with Gasteiger partial charge in [-0.2, -0.15) is 0 Å². The van der Waals surface area contributed by atoms with E-state index in [1.807, 2.05) is 24.3 Å². The van der Waals surface area contributed by atoms with Crippen molar-refractivity contribution in [1.29, 1.82) is 0 Å². The molecule has 1 aliphatic heterocycles. The summed E-state index contributed by atoms with van der Waals surface area (Å²) in [6, 6.07) is 9.38. The number of hydrogen-bond donors (Lipinski definition) is 1. The molecular weight excluding hydrogens is 372 g/mol. The van der Waals surface area contributed by atoms with E-state index in [2.05, 4.69) is 15.2 Å². The minimum absolute atomic E-state index is 0.0976. The Kier molecular flexibility index (Phi) is 6.89. The SMILES string of the molecule is COc1ccc(CCC(=O)Nc2ccc(N3CCN(C=O)CC3)cn2)cc1OC. The van der Waals surface area contributed by atoms with Crippen LogP contribution in [0.2, 0.25) is 0 Å². The third-order valence-electron chi connectivity index (χ3n) is 4.93. The molecule has 0 atom stereocenters. The Labute approximate surface area is 170 Å². The maximum Gasteiger partial charge on any atom is 0.225 e. The summed E-state index contributed by atoms with van der Waals surface area (Å²) in [5, 5.41) is 2.83. The van der Waals surface area contributed by atoms with Crippen molar-refractivity contribution in [1.82, 2.24) is 9.88 Å². The predicted octanol–water partition coefficient (Wildman–Crippen LogP) is 1.95. The average Bonchev–Trinajstić information content (AvgIpc) is 2.78. The van der Waals surface area contributed by atoms with E-state index in [-0.39, 0.29) is 5.91 Å². The van der Waals surface area contributed by atoms with Crippen molar-refractivity contribution in [3.63, 3.8) is 0 Å². The Bertz CT molecular complexity index is 833. The highest BCUT2D eigenvalue weighted by Crippen LogP contribution is 2.28. The highest BCUT2D eigenvalue weighted by atomic mass is 16.5. The molecule has 8 heteroatoms. The summed E-state index contributed by atoms with van der Waals surface area (Å²) < 4.78 is 10.5. The molecule has 154 valence electrons. The number of ether oxygens (including phenoxy) is 2. The second kappa shape index (κ2) is 9.77. The molecule has 0 aliphatic carbocycles. The molecule has 0 spiro atoms. The van der Waals surface area contributed by atoms with Crippen LogP contribution in [0.4, 0.5) is 11.5 Å². The highest BCUT2D eigenvalue weighted by Gasteiger charge is 2.16. The van der Waals surface area contributed by atoms with Crippen molar-refractivity contribution in [2.24, 2.45) is 0 Å². The van der Waals surface area contributed by atoms with Gasteiger partial charge in [-0.25, -0.2) is 4.98 Å². The van der Waals surface area contributed by atoms with E-state index >= 15 is 0 Å². The molecule has 2 aromatic rings. The van der Waals surface area contributed by atoms with Crippen molar-refractivity contribution in [2.75, 3.05) is 50.6 Å². The van der Waals surface area contributed by atoms with Gasteiger partial charge in [-0.05, 0) is 36.2 Å². The van der Waals surface area contributed by atoms with Crippen LogP contribution in [0.15, 0.2) is 36.5 Å². The van der Waals surface area contributed by atoms with Gasteiger partial charge in [0.2, 0.25) is 12.3 Å². The van der Waals surface area contributed by atoms with Crippen LogP contribution < -0.4 is 19.7 Å². The lowest BCUT2D eigenvalue weighted by Crippen LogP contribution is -2.45. The maximum absolute atomic E-state index is 12.3. The molecule has 1 fully saturated rings. The van der Waals surface area contributed by atoms with Crippen molar-refractivity contribution in [3.05, 3.63) is 42.1 Å². The first-order valence-corrected chi connectivity index (χ1v) is 9.54. The zero-order valence-electron chi connectivity index (χ0n) is 16.8. The number of anilines is 2. The normalized spacial score (nSPS) is 13.7. The first-order chi connectivity index (χ1) is 14.1. The molecule has 1 saturated heterocycles. The molecule has 2 heterocycles. The Hall–Kier alpha value is -3.29. The van der Waals surface area contributed by atoms with Crippen LogP contribution in [0.1, 0.15) is 12.0 Å². The number of benzene rings is 1. The molecule has 0 bridgehead atoms.